The van der Waals surface area contributed by atoms with Crippen LogP contribution in [-0.4, -0.2) is 29.9 Å². The lowest BCUT2D eigenvalue weighted by atomic mass is 10.2. The minimum Gasteiger partial charge on any atom is -0.354 e. The molecule has 0 aliphatic rings. The Morgan fingerprint density at radius 1 is 1.37 bits per heavy atom. The minimum atomic E-state index is -0.246. The van der Waals surface area contributed by atoms with Crippen molar-refractivity contribution < 1.29 is 9.59 Å². The SMILES string of the molecule is CC(C)C(=O)NCCNC(=O)c1csc(CN)n1.Cl. The quantitative estimate of drug-likeness (QED) is 0.668. The minimum absolute atomic E-state index is 0. The highest BCUT2D eigenvalue weighted by atomic mass is 35.5. The summed E-state index contributed by atoms with van der Waals surface area (Å²) in [6.45, 7) is 4.76. The Morgan fingerprint density at radius 2 is 2.00 bits per heavy atom. The Bertz CT molecular complexity index is 423. The summed E-state index contributed by atoms with van der Waals surface area (Å²) < 4.78 is 0. The predicted molar refractivity (Wildman–Crippen MR) is 77.4 cm³/mol. The molecule has 0 spiro atoms. The van der Waals surface area contributed by atoms with E-state index in [-0.39, 0.29) is 30.1 Å². The Morgan fingerprint density at radius 3 is 2.53 bits per heavy atom. The largest absolute Gasteiger partial charge is 0.354 e. The molecule has 0 saturated heterocycles. The van der Waals surface area contributed by atoms with Crippen molar-refractivity contribution in [1.29, 1.82) is 0 Å². The fraction of sp³-hybridized carbons (Fsp3) is 0.545. The smallest absolute Gasteiger partial charge is 0.270 e. The lowest BCUT2D eigenvalue weighted by Gasteiger charge is -2.07. The van der Waals surface area contributed by atoms with Gasteiger partial charge in [-0.1, -0.05) is 13.8 Å². The number of halogens is 1. The third-order valence-electron chi connectivity index (χ3n) is 2.19. The number of aromatic nitrogens is 1. The van der Waals surface area contributed by atoms with E-state index in [1.54, 1.807) is 5.38 Å². The van der Waals surface area contributed by atoms with E-state index < -0.39 is 0 Å². The number of carbonyl (C=O) groups is 2. The molecule has 0 saturated carbocycles. The first-order valence-corrected chi connectivity index (χ1v) is 6.63. The van der Waals surface area contributed by atoms with E-state index in [1.807, 2.05) is 13.8 Å². The molecule has 0 aliphatic carbocycles. The van der Waals surface area contributed by atoms with Crippen LogP contribution in [0.1, 0.15) is 29.3 Å². The first-order chi connectivity index (χ1) is 8.54. The number of nitrogens with two attached hydrogens (primary N) is 1. The molecule has 1 heterocycles. The summed E-state index contributed by atoms with van der Waals surface area (Å²) in [7, 11) is 0. The molecule has 0 radical (unpaired) electrons. The summed E-state index contributed by atoms with van der Waals surface area (Å²) in [6.07, 6.45) is 0. The number of thiazole rings is 1. The highest BCUT2D eigenvalue weighted by Crippen LogP contribution is 2.08. The summed E-state index contributed by atoms with van der Waals surface area (Å²) in [4.78, 5) is 26.9. The van der Waals surface area contributed by atoms with Crippen LogP contribution in [0.3, 0.4) is 0 Å². The zero-order valence-corrected chi connectivity index (χ0v) is 12.6. The van der Waals surface area contributed by atoms with E-state index in [1.165, 1.54) is 11.3 Å². The molecule has 4 N–H and O–H groups in total. The summed E-state index contributed by atoms with van der Waals surface area (Å²) in [6, 6.07) is 0. The van der Waals surface area contributed by atoms with Gasteiger partial charge in [0.05, 0.1) is 0 Å². The van der Waals surface area contributed by atoms with E-state index in [0.717, 1.165) is 5.01 Å². The molecule has 2 amide bonds. The Balaban J connectivity index is 0.00000324. The van der Waals surface area contributed by atoms with Crippen molar-refractivity contribution in [3.8, 4) is 0 Å². The number of amides is 2. The van der Waals surface area contributed by atoms with Gasteiger partial charge in [0.1, 0.15) is 10.7 Å². The van der Waals surface area contributed by atoms with Crippen LogP contribution in [0.25, 0.3) is 0 Å². The molecule has 6 nitrogen and oxygen atoms in total. The number of carbonyl (C=O) groups excluding carboxylic acids is 2. The Kier molecular flexibility index (Phi) is 8.29. The number of rotatable bonds is 6. The molecule has 1 rings (SSSR count). The van der Waals surface area contributed by atoms with Gasteiger partial charge in [0.25, 0.3) is 5.91 Å². The van der Waals surface area contributed by atoms with E-state index in [4.69, 9.17) is 5.73 Å². The molecule has 19 heavy (non-hydrogen) atoms. The van der Waals surface area contributed by atoms with Crippen LogP contribution < -0.4 is 16.4 Å². The van der Waals surface area contributed by atoms with E-state index in [0.29, 0.717) is 25.3 Å². The molecule has 0 unspecified atom stereocenters. The van der Waals surface area contributed by atoms with Crippen molar-refractivity contribution in [2.75, 3.05) is 13.1 Å². The molecule has 0 atom stereocenters. The summed E-state index contributed by atoms with van der Waals surface area (Å²) in [5.74, 6) is -0.320. The second kappa shape index (κ2) is 8.84. The average Bonchev–Trinajstić information content (AvgIpc) is 2.82. The molecule has 1 aromatic heterocycles. The predicted octanol–water partition coefficient (Wildman–Crippen LogP) is 0.526. The first kappa shape index (κ1) is 17.8. The van der Waals surface area contributed by atoms with Gasteiger partial charge in [-0.2, -0.15) is 0 Å². The molecular formula is C11H19ClN4O2S. The van der Waals surface area contributed by atoms with Crippen LogP contribution in [0.5, 0.6) is 0 Å². The molecule has 0 bridgehead atoms. The summed E-state index contributed by atoms with van der Waals surface area (Å²) >= 11 is 1.36. The van der Waals surface area contributed by atoms with Crippen molar-refractivity contribution >= 4 is 35.6 Å². The maximum Gasteiger partial charge on any atom is 0.270 e. The summed E-state index contributed by atoms with van der Waals surface area (Å²) in [5, 5.41) is 7.79. The van der Waals surface area contributed by atoms with Gasteiger partial charge in [0.15, 0.2) is 0 Å². The zero-order valence-electron chi connectivity index (χ0n) is 10.9. The van der Waals surface area contributed by atoms with Crippen LogP contribution in [0.4, 0.5) is 0 Å². The highest BCUT2D eigenvalue weighted by Gasteiger charge is 2.10. The van der Waals surface area contributed by atoms with Gasteiger partial charge in [0.2, 0.25) is 5.91 Å². The van der Waals surface area contributed by atoms with Crippen molar-refractivity contribution in [3.63, 3.8) is 0 Å². The number of nitrogens with one attached hydrogen (secondary N) is 2. The average molecular weight is 307 g/mol. The lowest BCUT2D eigenvalue weighted by Crippen LogP contribution is -2.36. The second-order valence-electron chi connectivity index (χ2n) is 4.03. The van der Waals surface area contributed by atoms with E-state index in [2.05, 4.69) is 15.6 Å². The van der Waals surface area contributed by atoms with E-state index >= 15 is 0 Å². The van der Waals surface area contributed by atoms with Crippen LogP contribution in [-0.2, 0) is 11.3 Å². The standard InChI is InChI=1S/C11H18N4O2S.ClH/c1-7(2)10(16)13-3-4-14-11(17)8-6-18-9(5-12)15-8;/h6-7H,3-5,12H2,1-2H3,(H,13,16)(H,14,17);1H. The van der Waals surface area contributed by atoms with Gasteiger partial charge in [0, 0.05) is 30.9 Å². The zero-order chi connectivity index (χ0) is 13.5. The van der Waals surface area contributed by atoms with Crippen LogP contribution in [0.2, 0.25) is 0 Å². The van der Waals surface area contributed by atoms with Gasteiger partial charge in [-0.15, -0.1) is 23.7 Å². The normalized spacial score (nSPS) is 9.89. The topological polar surface area (TPSA) is 97.1 Å². The fourth-order valence-electron chi connectivity index (χ4n) is 1.17. The number of nitrogens with zero attached hydrogens (tertiary/aromatic N) is 1. The highest BCUT2D eigenvalue weighted by molar-refractivity contribution is 7.09. The van der Waals surface area contributed by atoms with Crippen molar-refractivity contribution in [2.45, 2.75) is 20.4 Å². The molecule has 0 fully saturated rings. The van der Waals surface area contributed by atoms with Crippen molar-refractivity contribution in [2.24, 2.45) is 11.7 Å². The van der Waals surface area contributed by atoms with Gasteiger partial charge in [-0.3, -0.25) is 9.59 Å². The Labute approximate surface area is 122 Å². The van der Waals surface area contributed by atoms with Crippen LogP contribution >= 0.6 is 23.7 Å². The van der Waals surface area contributed by atoms with Gasteiger partial charge >= 0.3 is 0 Å². The van der Waals surface area contributed by atoms with Crippen LogP contribution in [0, 0.1) is 5.92 Å². The van der Waals surface area contributed by atoms with Crippen LogP contribution in [0.15, 0.2) is 5.38 Å². The van der Waals surface area contributed by atoms with Crippen molar-refractivity contribution in [1.82, 2.24) is 15.6 Å². The molecule has 0 aromatic carbocycles. The summed E-state index contributed by atoms with van der Waals surface area (Å²) in [5.41, 5.74) is 5.79. The third kappa shape index (κ3) is 6.00. The molecule has 8 heteroatoms. The Hall–Kier alpha value is -1.18. The number of hydrogen-bond acceptors (Lipinski definition) is 5. The van der Waals surface area contributed by atoms with E-state index in [9.17, 15) is 9.59 Å². The second-order valence-corrected chi connectivity index (χ2v) is 4.97. The molecule has 108 valence electrons. The van der Waals surface area contributed by atoms with Gasteiger partial charge in [-0.25, -0.2) is 4.98 Å². The van der Waals surface area contributed by atoms with Gasteiger partial charge < -0.3 is 16.4 Å². The van der Waals surface area contributed by atoms with Crippen molar-refractivity contribution in [3.05, 3.63) is 16.1 Å². The molecule has 1 aromatic rings. The maximum absolute atomic E-state index is 11.6. The van der Waals surface area contributed by atoms with Gasteiger partial charge in [-0.05, 0) is 0 Å². The lowest BCUT2D eigenvalue weighted by molar-refractivity contribution is -0.123. The monoisotopic (exact) mass is 306 g/mol. The molecule has 0 aliphatic heterocycles. The number of hydrogen-bond donors (Lipinski definition) is 3. The maximum atomic E-state index is 11.6. The first-order valence-electron chi connectivity index (χ1n) is 5.75. The molecular weight excluding hydrogens is 288 g/mol. The third-order valence-corrected chi connectivity index (χ3v) is 3.06. The fourth-order valence-corrected chi connectivity index (χ4v) is 1.82.